The molecule has 0 saturated carbocycles. The number of hydrogen-bond acceptors (Lipinski definition) is 6. The minimum atomic E-state index is -0.973. The third-order valence-electron chi connectivity index (χ3n) is 5.09. The van der Waals surface area contributed by atoms with Crippen LogP contribution in [0.5, 0.6) is 5.75 Å². The van der Waals surface area contributed by atoms with Crippen molar-refractivity contribution in [2.75, 3.05) is 4.90 Å². The molecule has 1 N–H and O–H groups in total. The Morgan fingerprint density at radius 1 is 0.944 bits per heavy atom. The molecule has 182 valence electrons. The summed E-state index contributed by atoms with van der Waals surface area (Å²) in [6.45, 7) is 0.128. The van der Waals surface area contributed by atoms with Crippen LogP contribution in [0.15, 0.2) is 66.2 Å². The van der Waals surface area contributed by atoms with Crippen LogP contribution < -0.4 is 15.0 Å². The predicted octanol–water partition coefficient (Wildman–Crippen LogP) is 5.80. The van der Waals surface area contributed by atoms with Crippen molar-refractivity contribution in [3.8, 4) is 5.75 Å². The van der Waals surface area contributed by atoms with Crippen molar-refractivity contribution in [1.82, 2.24) is 5.32 Å². The maximum Gasteiger partial charge on any atom is 0.335 e. The molecule has 4 rings (SSSR count). The van der Waals surface area contributed by atoms with E-state index in [4.69, 9.17) is 39.5 Å². The zero-order valence-electron chi connectivity index (χ0n) is 18.0. The van der Waals surface area contributed by atoms with Gasteiger partial charge in [-0.15, -0.1) is 0 Å². The Morgan fingerprint density at radius 3 is 2.31 bits per heavy atom. The van der Waals surface area contributed by atoms with Crippen LogP contribution in [0, 0.1) is 10.1 Å². The van der Waals surface area contributed by atoms with Crippen molar-refractivity contribution in [3.05, 3.63) is 103 Å². The molecule has 3 aromatic rings. The Labute approximate surface area is 219 Å². The van der Waals surface area contributed by atoms with Crippen molar-refractivity contribution in [1.29, 1.82) is 0 Å². The van der Waals surface area contributed by atoms with E-state index in [1.807, 2.05) is 0 Å². The standard InChI is InChI=1S/C24H14Cl3N3O6/c25-15-3-2-14(19(26)11-15)12-36-21-8-1-13(10-20(21)27)9-18-22(31)28-24(33)29(23(18)32)16-4-6-17(7-5-16)30(34)35/h1-11H,12H2,(H,28,31,33)/b18-9+. The van der Waals surface area contributed by atoms with Gasteiger partial charge in [-0.2, -0.15) is 0 Å². The third-order valence-corrected chi connectivity index (χ3v) is 5.97. The van der Waals surface area contributed by atoms with E-state index < -0.39 is 22.8 Å². The van der Waals surface area contributed by atoms with E-state index in [-0.39, 0.29) is 28.6 Å². The molecule has 12 heteroatoms. The molecule has 0 aromatic heterocycles. The number of nitro benzene ring substituents is 1. The van der Waals surface area contributed by atoms with Gasteiger partial charge in [-0.1, -0.05) is 46.9 Å². The van der Waals surface area contributed by atoms with Crippen LogP contribution in [0.4, 0.5) is 16.2 Å². The van der Waals surface area contributed by atoms with Crippen LogP contribution in [0.1, 0.15) is 11.1 Å². The van der Waals surface area contributed by atoms with Gasteiger partial charge in [0.2, 0.25) is 0 Å². The highest BCUT2D eigenvalue weighted by molar-refractivity contribution is 6.39. The van der Waals surface area contributed by atoms with E-state index in [2.05, 4.69) is 5.32 Å². The summed E-state index contributed by atoms with van der Waals surface area (Å²) in [5.74, 6) is -1.45. The van der Waals surface area contributed by atoms with E-state index in [1.54, 1.807) is 30.3 Å². The first kappa shape index (κ1) is 25.2. The van der Waals surface area contributed by atoms with Crippen molar-refractivity contribution in [2.45, 2.75) is 6.61 Å². The lowest BCUT2D eigenvalue weighted by atomic mass is 10.1. The second-order valence-corrected chi connectivity index (χ2v) is 8.70. The van der Waals surface area contributed by atoms with Crippen LogP contribution in [0.3, 0.4) is 0 Å². The second kappa shape index (κ2) is 10.4. The molecule has 1 fully saturated rings. The van der Waals surface area contributed by atoms with Crippen LogP contribution in [0.25, 0.3) is 6.08 Å². The zero-order chi connectivity index (χ0) is 26.0. The number of carbonyl (C=O) groups is 3. The van der Waals surface area contributed by atoms with Crippen molar-refractivity contribution in [2.24, 2.45) is 0 Å². The number of amides is 4. The summed E-state index contributed by atoms with van der Waals surface area (Å²) in [5.41, 5.74) is 0.609. The zero-order valence-corrected chi connectivity index (χ0v) is 20.3. The molecular formula is C24H14Cl3N3O6. The van der Waals surface area contributed by atoms with Gasteiger partial charge in [0, 0.05) is 27.7 Å². The number of nitrogens with one attached hydrogen (secondary N) is 1. The number of nitro groups is 1. The summed E-state index contributed by atoms with van der Waals surface area (Å²) >= 11 is 18.4. The topological polar surface area (TPSA) is 119 Å². The maximum atomic E-state index is 13.0. The van der Waals surface area contributed by atoms with E-state index in [1.165, 1.54) is 24.3 Å². The number of hydrogen-bond donors (Lipinski definition) is 1. The van der Waals surface area contributed by atoms with E-state index in [0.717, 1.165) is 12.1 Å². The van der Waals surface area contributed by atoms with Crippen LogP contribution >= 0.6 is 34.8 Å². The number of rotatable bonds is 6. The normalized spacial score (nSPS) is 14.7. The first-order valence-corrected chi connectivity index (χ1v) is 11.3. The molecule has 4 amide bonds. The fourth-order valence-corrected chi connectivity index (χ4v) is 4.01. The van der Waals surface area contributed by atoms with Gasteiger partial charge in [0.25, 0.3) is 17.5 Å². The Balaban J connectivity index is 1.55. The first-order chi connectivity index (χ1) is 17.1. The van der Waals surface area contributed by atoms with E-state index >= 15 is 0 Å². The second-order valence-electron chi connectivity index (χ2n) is 7.45. The van der Waals surface area contributed by atoms with E-state index in [0.29, 0.717) is 31.8 Å². The number of halogens is 3. The highest BCUT2D eigenvalue weighted by atomic mass is 35.5. The Bertz CT molecular complexity index is 1440. The van der Waals surface area contributed by atoms with Crippen LogP contribution in [0.2, 0.25) is 15.1 Å². The summed E-state index contributed by atoms with van der Waals surface area (Å²) in [6.07, 6.45) is 1.27. The lowest BCUT2D eigenvalue weighted by Crippen LogP contribution is -2.54. The van der Waals surface area contributed by atoms with Gasteiger partial charge in [-0.3, -0.25) is 25.0 Å². The van der Waals surface area contributed by atoms with Gasteiger partial charge >= 0.3 is 6.03 Å². The molecule has 0 radical (unpaired) electrons. The van der Waals surface area contributed by atoms with Gasteiger partial charge < -0.3 is 4.74 Å². The van der Waals surface area contributed by atoms with Crippen LogP contribution in [-0.4, -0.2) is 22.8 Å². The molecule has 1 heterocycles. The minimum Gasteiger partial charge on any atom is -0.487 e. The summed E-state index contributed by atoms with van der Waals surface area (Å²) in [7, 11) is 0. The van der Waals surface area contributed by atoms with Crippen molar-refractivity contribution in [3.63, 3.8) is 0 Å². The molecule has 0 bridgehead atoms. The summed E-state index contributed by atoms with van der Waals surface area (Å²) in [6, 6.07) is 13.4. The Kier molecular flexibility index (Phi) is 7.25. The van der Waals surface area contributed by atoms with Crippen LogP contribution in [-0.2, 0) is 16.2 Å². The molecule has 36 heavy (non-hydrogen) atoms. The largest absolute Gasteiger partial charge is 0.487 e. The molecule has 0 spiro atoms. The average Bonchev–Trinajstić information content (AvgIpc) is 2.82. The smallest absolute Gasteiger partial charge is 0.335 e. The van der Waals surface area contributed by atoms with Gasteiger partial charge in [-0.05, 0) is 48.0 Å². The highest BCUT2D eigenvalue weighted by Crippen LogP contribution is 2.30. The number of imide groups is 2. The van der Waals surface area contributed by atoms with Gasteiger partial charge in [0.15, 0.2) is 0 Å². The summed E-state index contributed by atoms with van der Waals surface area (Å²) in [5, 5.41) is 14.1. The monoisotopic (exact) mass is 545 g/mol. The quantitative estimate of drug-likeness (QED) is 0.181. The molecule has 0 atom stereocenters. The number of anilines is 1. The number of urea groups is 1. The number of nitrogens with zero attached hydrogens (tertiary/aromatic N) is 2. The van der Waals surface area contributed by atoms with Gasteiger partial charge in [-0.25, -0.2) is 9.69 Å². The maximum absolute atomic E-state index is 13.0. The fourth-order valence-electron chi connectivity index (χ4n) is 3.30. The number of ether oxygens (including phenoxy) is 1. The average molecular weight is 547 g/mol. The summed E-state index contributed by atoms with van der Waals surface area (Å²) < 4.78 is 5.72. The van der Waals surface area contributed by atoms with Gasteiger partial charge in [0.05, 0.1) is 15.6 Å². The molecule has 0 unspecified atom stereocenters. The van der Waals surface area contributed by atoms with Gasteiger partial charge in [0.1, 0.15) is 17.9 Å². The number of carbonyl (C=O) groups excluding carboxylic acids is 3. The highest BCUT2D eigenvalue weighted by Gasteiger charge is 2.37. The molecule has 1 aliphatic rings. The lowest BCUT2D eigenvalue weighted by molar-refractivity contribution is -0.384. The lowest BCUT2D eigenvalue weighted by Gasteiger charge is -2.26. The number of barbiturate groups is 1. The molecular weight excluding hydrogens is 533 g/mol. The summed E-state index contributed by atoms with van der Waals surface area (Å²) in [4.78, 5) is 48.7. The molecule has 1 saturated heterocycles. The number of non-ortho nitro benzene ring substituents is 1. The number of benzene rings is 3. The SMILES string of the molecule is O=C1NC(=O)N(c2ccc([N+](=O)[O-])cc2)C(=O)/C1=C/c1ccc(OCc2ccc(Cl)cc2Cl)c(Cl)c1. The van der Waals surface area contributed by atoms with E-state index in [9.17, 15) is 24.5 Å². The van der Waals surface area contributed by atoms with Crippen molar-refractivity contribution >= 4 is 70.1 Å². The minimum absolute atomic E-state index is 0.0594. The third kappa shape index (κ3) is 5.33. The fraction of sp³-hybridized carbons (Fsp3) is 0.0417. The molecule has 3 aromatic carbocycles. The molecule has 1 aliphatic heterocycles. The predicted molar refractivity (Wildman–Crippen MR) is 134 cm³/mol. The molecule has 9 nitrogen and oxygen atoms in total. The first-order valence-electron chi connectivity index (χ1n) is 10.2. The Hall–Kier alpha value is -3.92. The Morgan fingerprint density at radius 2 is 1.67 bits per heavy atom. The van der Waals surface area contributed by atoms with Crippen molar-refractivity contribution < 1.29 is 24.0 Å². The molecule has 0 aliphatic carbocycles.